The predicted molar refractivity (Wildman–Crippen MR) is 81.1 cm³/mol. The zero-order valence-corrected chi connectivity index (χ0v) is 13.4. The molecule has 0 saturated carbocycles. The summed E-state index contributed by atoms with van der Waals surface area (Å²) in [6.07, 6.45) is -0.127. The minimum Gasteiger partial charge on any atom is -0.324 e. The number of halogens is 3. The maximum atomic E-state index is 12.3. The number of nitrogens with one attached hydrogen (secondary N) is 1. The maximum Gasteiger partial charge on any atom is 0.408 e. The highest BCUT2D eigenvalue weighted by atomic mass is 19.4. The molecule has 0 radical (unpaired) electrons. The van der Waals surface area contributed by atoms with E-state index in [2.05, 4.69) is 24.3 Å². The second kappa shape index (κ2) is 7.23. The molecule has 23 heavy (non-hydrogen) atoms. The number of aromatic nitrogens is 2. The molecule has 0 spiro atoms. The molecule has 0 aromatic carbocycles. The van der Waals surface area contributed by atoms with E-state index in [1.807, 2.05) is 0 Å². The van der Waals surface area contributed by atoms with Crippen molar-refractivity contribution in [2.75, 3.05) is 18.4 Å². The van der Waals surface area contributed by atoms with Crippen molar-refractivity contribution in [3.05, 3.63) is 12.3 Å². The molecule has 0 aliphatic carbocycles. The lowest BCUT2D eigenvalue weighted by atomic mass is 9.89. The van der Waals surface area contributed by atoms with Gasteiger partial charge in [0.25, 0.3) is 0 Å². The molecular weight excluding hydrogens is 309 g/mol. The standard InChI is InChI=1S/C15H23F3N4O/c1-11(2)12-4-3-7-21(8-5-12)14(23)19-13-6-9-22(20-13)10-15(16,17)18/h6,9,11-12H,3-5,7-8,10H2,1-2H3,(H,19,20,23). The van der Waals surface area contributed by atoms with Crippen LogP contribution in [-0.4, -0.2) is 40.0 Å². The van der Waals surface area contributed by atoms with E-state index in [1.54, 1.807) is 4.90 Å². The topological polar surface area (TPSA) is 50.2 Å². The summed E-state index contributed by atoms with van der Waals surface area (Å²) in [6, 6.07) is 1.07. The smallest absolute Gasteiger partial charge is 0.324 e. The second-order valence-electron chi connectivity index (χ2n) is 6.37. The lowest BCUT2D eigenvalue weighted by Gasteiger charge is -2.21. The zero-order valence-electron chi connectivity index (χ0n) is 13.4. The molecule has 2 amide bonds. The van der Waals surface area contributed by atoms with Gasteiger partial charge in [-0.25, -0.2) is 4.79 Å². The minimum absolute atomic E-state index is 0.143. The van der Waals surface area contributed by atoms with Crippen LogP contribution in [0.4, 0.5) is 23.8 Å². The molecule has 1 aromatic heterocycles. The van der Waals surface area contributed by atoms with Gasteiger partial charge in [-0.1, -0.05) is 13.8 Å². The Labute approximate surface area is 133 Å². The van der Waals surface area contributed by atoms with E-state index < -0.39 is 12.7 Å². The number of carbonyl (C=O) groups excluding carboxylic acids is 1. The number of likely N-dealkylation sites (tertiary alicyclic amines) is 1. The van der Waals surface area contributed by atoms with Crippen molar-refractivity contribution in [3.8, 4) is 0 Å². The number of amides is 2. The molecule has 1 aliphatic rings. The molecule has 1 aromatic rings. The Kier molecular flexibility index (Phi) is 5.54. The molecule has 0 bridgehead atoms. The first-order chi connectivity index (χ1) is 10.7. The molecule has 1 aliphatic heterocycles. The quantitative estimate of drug-likeness (QED) is 0.917. The number of rotatable bonds is 3. The molecule has 1 unspecified atom stereocenters. The van der Waals surface area contributed by atoms with Crippen molar-refractivity contribution < 1.29 is 18.0 Å². The maximum absolute atomic E-state index is 12.3. The van der Waals surface area contributed by atoms with E-state index in [1.165, 1.54) is 12.3 Å². The van der Waals surface area contributed by atoms with Gasteiger partial charge in [0, 0.05) is 25.4 Å². The van der Waals surface area contributed by atoms with E-state index in [0.29, 0.717) is 24.9 Å². The number of alkyl halides is 3. The van der Waals surface area contributed by atoms with Crippen LogP contribution in [0.25, 0.3) is 0 Å². The molecule has 5 nitrogen and oxygen atoms in total. The summed E-state index contributed by atoms with van der Waals surface area (Å²) >= 11 is 0. The Bertz CT molecular complexity index is 527. The largest absolute Gasteiger partial charge is 0.408 e. The normalized spacial score (nSPS) is 19.7. The second-order valence-corrected chi connectivity index (χ2v) is 6.37. The first kappa shape index (κ1) is 17.6. The zero-order chi connectivity index (χ0) is 17.0. The highest BCUT2D eigenvalue weighted by Gasteiger charge is 2.28. The van der Waals surface area contributed by atoms with Crippen LogP contribution in [0.15, 0.2) is 12.3 Å². The number of nitrogens with zero attached hydrogens (tertiary/aromatic N) is 3. The number of carbonyl (C=O) groups is 1. The summed E-state index contributed by atoms with van der Waals surface area (Å²) in [5.74, 6) is 1.35. The van der Waals surface area contributed by atoms with Crippen LogP contribution in [0.1, 0.15) is 33.1 Å². The van der Waals surface area contributed by atoms with Crippen LogP contribution in [-0.2, 0) is 6.54 Å². The first-order valence-corrected chi connectivity index (χ1v) is 7.91. The van der Waals surface area contributed by atoms with E-state index in [0.717, 1.165) is 23.9 Å². The number of hydrogen-bond donors (Lipinski definition) is 1. The fourth-order valence-electron chi connectivity index (χ4n) is 2.88. The van der Waals surface area contributed by atoms with Gasteiger partial charge in [0.1, 0.15) is 6.54 Å². The average molecular weight is 332 g/mol. The van der Waals surface area contributed by atoms with Gasteiger partial charge >= 0.3 is 12.2 Å². The van der Waals surface area contributed by atoms with Crippen LogP contribution in [0, 0.1) is 11.8 Å². The summed E-state index contributed by atoms with van der Waals surface area (Å²) in [4.78, 5) is 13.9. The third-order valence-corrected chi connectivity index (χ3v) is 4.22. The van der Waals surface area contributed by atoms with Gasteiger partial charge in [0.05, 0.1) is 0 Å². The summed E-state index contributed by atoms with van der Waals surface area (Å²) < 4.78 is 37.7. The number of hydrogen-bond acceptors (Lipinski definition) is 2. The van der Waals surface area contributed by atoms with Crippen molar-refractivity contribution in [1.82, 2.24) is 14.7 Å². The first-order valence-electron chi connectivity index (χ1n) is 7.91. The van der Waals surface area contributed by atoms with Gasteiger partial charge in [-0.3, -0.25) is 10.00 Å². The van der Waals surface area contributed by atoms with Crippen LogP contribution in [0.5, 0.6) is 0 Å². The van der Waals surface area contributed by atoms with Crippen molar-refractivity contribution in [2.24, 2.45) is 11.8 Å². The number of anilines is 1. The van der Waals surface area contributed by atoms with Crippen LogP contribution in [0.3, 0.4) is 0 Å². The molecule has 1 atom stereocenters. The van der Waals surface area contributed by atoms with Gasteiger partial charge in [-0.05, 0) is 31.1 Å². The van der Waals surface area contributed by atoms with Crippen molar-refractivity contribution in [3.63, 3.8) is 0 Å². The van der Waals surface area contributed by atoms with E-state index >= 15 is 0 Å². The Morgan fingerprint density at radius 1 is 1.39 bits per heavy atom. The van der Waals surface area contributed by atoms with Gasteiger partial charge < -0.3 is 4.90 Å². The van der Waals surface area contributed by atoms with E-state index in [-0.39, 0.29) is 11.8 Å². The Morgan fingerprint density at radius 2 is 2.13 bits per heavy atom. The van der Waals surface area contributed by atoms with Crippen molar-refractivity contribution in [2.45, 2.75) is 45.8 Å². The molecule has 2 heterocycles. The lowest BCUT2D eigenvalue weighted by Crippen LogP contribution is -2.36. The Morgan fingerprint density at radius 3 is 2.78 bits per heavy atom. The Hall–Kier alpha value is -1.73. The van der Waals surface area contributed by atoms with Crippen molar-refractivity contribution in [1.29, 1.82) is 0 Å². The monoisotopic (exact) mass is 332 g/mol. The van der Waals surface area contributed by atoms with Crippen LogP contribution in [0.2, 0.25) is 0 Å². The Balaban J connectivity index is 1.89. The van der Waals surface area contributed by atoms with Gasteiger partial charge in [0.2, 0.25) is 0 Å². The van der Waals surface area contributed by atoms with Gasteiger partial charge in [-0.2, -0.15) is 18.3 Å². The van der Waals surface area contributed by atoms with E-state index in [9.17, 15) is 18.0 Å². The fraction of sp³-hybridized carbons (Fsp3) is 0.733. The van der Waals surface area contributed by atoms with Crippen molar-refractivity contribution >= 4 is 11.8 Å². The molecular formula is C15H23F3N4O. The number of urea groups is 1. The third-order valence-electron chi connectivity index (χ3n) is 4.22. The van der Waals surface area contributed by atoms with Gasteiger partial charge in [-0.15, -0.1) is 0 Å². The molecule has 1 N–H and O–H groups in total. The highest BCUT2D eigenvalue weighted by Crippen LogP contribution is 2.25. The molecule has 1 fully saturated rings. The van der Waals surface area contributed by atoms with Gasteiger partial charge in [0.15, 0.2) is 5.82 Å². The molecule has 130 valence electrons. The minimum atomic E-state index is -4.33. The third kappa shape index (κ3) is 5.44. The predicted octanol–water partition coefficient (Wildman–Crippen LogP) is 3.74. The fourth-order valence-corrected chi connectivity index (χ4v) is 2.88. The summed E-state index contributed by atoms with van der Waals surface area (Å²) in [7, 11) is 0. The summed E-state index contributed by atoms with van der Waals surface area (Å²) in [5, 5.41) is 6.31. The molecule has 1 saturated heterocycles. The molecule has 2 rings (SSSR count). The van der Waals surface area contributed by atoms with E-state index in [4.69, 9.17) is 0 Å². The highest BCUT2D eigenvalue weighted by molar-refractivity contribution is 5.88. The average Bonchev–Trinajstić information content (AvgIpc) is 2.72. The summed E-state index contributed by atoms with van der Waals surface area (Å²) in [5.41, 5.74) is 0. The lowest BCUT2D eigenvalue weighted by molar-refractivity contribution is -0.142. The summed E-state index contributed by atoms with van der Waals surface area (Å²) in [6.45, 7) is 4.54. The molecule has 8 heteroatoms. The SMILES string of the molecule is CC(C)C1CCCN(C(=O)Nc2ccn(CC(F)(F)F)n2)CC1. The van der Waals surface area contributed by atoms with Crippen LogP contribution >= 0.6 is 0 Å². The van der Waals surface area contributed by atoms with Crippen LogP contribution < -0.4 is 5.32 Å².